The Morgan fingerprint density at radius 3 is 1.28 bits per heavy atom. The van der Waals surface area contributed by atoms with Gasteiger partial charge in [0.25, 0.3) is 20.2 Å². The average Bonchev–Trinajstić information content (AvgIpc) is 3.10. The normalized spacial score (nSPS) is 12.2. The number of azo groups is 2. The van der Waals surface area contributed by atoms with E-state index in [0.717, 1.165) is 12.1 Å². The van der Waals surface area contributed by atoms with Crippen LogP contribution in [0.1, 0.15) is 20.7 Å². The van der Waals surface area contributed by atoms with E-state index in [1.807, 2.05) is 0 Å². The van der Waals surface area contributed by atoms with Gasteiger partial charge in [-0.15, -0.1) is 10.2 Å². The van der Waals surface area contributed by atoms with Gasteiger partial charge in [0.1, 0.15) is 21.2 Å². The average molecular weight is 758 g/mol. The molecule has 0 atom stereocenters. The summed E-state index contributed by atoms with van der Waals surface area (Å²) in [6.07, 6.45) is 0. The second-order valence-corrected chi connectivity index (χ2v) is 14.0. The minimum absolute atomic E-state index is 0.0292. The number of anilines is 2. The van der Waals surface area contributed by atoms with Gasteiger partial charge in [-0.3, -0.25) is 9.11 Å². The van der Waals surface area contributed by atoms with Gasteiger partial charge in [0, 0.05) is 22.1 Å². The van der Waals surface area contributed by atoms with E-state index in [-0.39, 0.29) is 44.0 Å². The van der Waals surface area contributed by atoms with E-state index in [0.29, 0.717) is 11.4 Å². The number of benzene rings is 6. The predicted molar refractivity (Wildman–Crippen MR) is 189 cm³/mol. The number of fused-ring (bicyclic) bond motifs is 2. The van der Waals surface area contributed by atoms with Crippen molar-refractivity contribution in [3.63, 3.8) is 0 Å². The third kappa shape index (κ3) is 7.62. The van der Waals surface area contributed by atoms with E-state index >= 15 is 0 Å². The van der Waals surface area contributed by atoms with Crippen molar-refractivity contribution < 1.29 is 56.0 Å². The SMILES string of the molecule is O=C(O)c1cccc(N=Nc2c(S(=O)(=O)O)cc3cc(Nc4ccc5c(O)c(N=Nc6cccc(C(=O)O)c6)c(S(=O)(=O)O)cc5c4)ccc3c2O)c1. The largest absolute Gasteiger partial charge is 0.505 e. The van der Waals surface area contributed by atoms with E-state index in [9.17, 15) is 56.0 Å². The number of hydrogen-bond acceptors (Lipinski definition) is 13. The fraction of sp³-hybridized carbons (Fsp3) is 0. The van der Waals surface area contributed by atoms with Gasteiger partial charge in [0.05, 0.1) is 22.5 Å². The molecule has 0 aliphatic carbocycles. The first-order valence-electron chi connectivity index (χ1n) is 14.8. The highest BCUT2D eigenvalue weighted by atomic mass is 32.2. The van der Waals surface area contributed by atoms with Crippen LogP contribution in [0.2, 0.25) is 0 Å². The van der Waals surface area contributed by atoms with Gasteiger partial charge in [0.2, 0.25) is 0 Å². The van der Waals surface area contributed by atoms with Crippen LogP contribution in [-0.4, -0.2) is 58.3 Å². The fourth-order valence-corrected chi connectivity index (χ4v) is 6.55. The van der Waals surface area contributed by atoms with Gasteiger partial charge in [-0.25, -0.2) is 9.59 Å². The van der Waals surface area contributed by atoms with E-state index < -0.39 is 64.8 Å². The fourth-order valence-electron chi connectivity index (χ4n) is 5.23. The van der Waals surface area contributed by atoms with Crippen LogP contribution >= 0.6 is 0 Å². The van der Waals surface area contributed by atoms with Crippen LogP contribution in [0, 0.1) is 0 Å². The summed E-state index contributed by atoms with van der Waals surface area (Å²) in [7, 11) is -9.96. The second-order valence-electron chi connectivity index (χ2n) is 11.2. The number of carboxylic acid groups (broad SMARTS) is 2. The molecule has 6 aromatic carbocycles. The molecule has 53 heavy (non-hydrogen) atoms. The van der Waals surface area contributed by atoms with Crippen LogP contribution in [0.5, 0.6) is 11.5 Å². The Morgan fingerprint density at radius 2 is 0.925 bits per heavy atom. The molecule has 0 heterocycles. The Balaban J connectivity index is 1.36. The Morgan fingerprint density at radius 1 is 0.528 bits per heavy atom. The number of phenolic OH excluding ortho intramolecular Hbond substituents is 2. The van der Waals surface area contributed by atoms with Gasteiger partial charge in [0.15, 0.2) is 11.5 Å². The number of nitrogens with zero attached hydrogens (tertiary/aromatic N) is 4. The number of phenols is 2. The molecule has 0 fully saturated rings. The van der Waals surface area contributed by atoms with Crippen molar-refractivity contribution in [2.75, 3.05) is 5.32 Å². The minimum atomic E-state index is -4.98. The third-order valence-electron chi connectivity index (χ3n) is 7.66. The molecular formula is C34H23N5O12S2. The lowest BCUT2D eigenvalue weighted by atomic mass is 10.1. The number of rotatable bonds is 10. The summed E-state index contributed by atoms with van der Waals surface area (Å²) in [4.78, 5) is 21.0. The molecule has 17 nitrogen and oxygen atoms in total. The molecule has 0 radical (unpaired) electrons. The summed E-state index contributed by atoms with van der Waals surface area (Å²) < 4.78 is 69.3. The molecular weight excluding hydrogens is 735 g/mol. The molecule has 0 aliphatic rings. The molecule has 0 spiro atoms. The van der Waals surface area contributed by atoms with Crippen LogP contribution in [0.3, 0.4) is 0 Å². The van der Waals surface area contributed by atoms with E-state index in [4.69, 9.17) is 0 Å². The molecule has 7 N–H and O–H groups in total. The molecule has 0 amide bonds. The number of carboxylic acids is 2. The maximum absolute atomic E-state index is 12.3. The van der Waals surface area contributed by atoms with Crippen molar-refractivity contribution in [2.45, 2.75) is 9.79 Å². The van der Waals surface area contributed by atoms with Crippen molar-refractivity contribution in [1.82, 2.24) is 0 Å². The monoisotopic (exact) mass is 757 g/mol. The first-order chi connectivity index (χ1) is 25.0. The molecule has 0 saturated carbocycles. The zero-order valence-electron chi connectivity index (χ0n) is 26.5. The van der Waals surface area contributed by atoms with Gasteiger partial charge in [-0.1, -0.05) is 12.1 Å². The maximum atomic E-state index is 12.3. The van der Waals surface area contributed by atoms with Gasteiger partial charge in [-0.05, 0) is 95.7 Å². The lowest BCUT2D eigenvalue weighted by Gasteiger charge is -2.13. The Hall–Kier alpha value is -6.80. The minimum Gasteiger partial charge on any atom is -0.505 e. The Labute approximate surface area is 298 Å². The zero-order valence-corrected chi connectivity index (χ0v) is 28.1. The quantitative estimate of drug-likeness (QED) is 0.0518. The van der Waals surface area contributed by atoms with Gasteiger partial charge < -0.3 is 25.7 Å². The molecule has 19 heteroatoms. The molecule has 0 bridgehead atoms. The van der Waals surface area contributed by atoms with E-state index in [1.54, 1.807) is 0 Å². The number of aromatic hydroxyl groups is 2. The summed E-state index contributed by atoms with van der Waals surface area (Å²) in [6, 6.07) is 21.3. The molecule has 268 valence electrons. The van der Waals surface area contributed by atoms with Crippen LogP contribution in [0.25, 0.3) is 21.5 Å². The summed E-state index contributed by atoms with van der Waals surface area (Å²) in [5, 5.41) is 59.2. The van der Waals surface area contributed by atoms with E-state index in [1.165, 1.54) is 84.9 Å². The van der Waals surface area contributed by atoms with Crippen molar-refractivity contribution in [3.8, 4) is 11.5 Å². The highest BCUT2D eigenvalue weighted by molar-refractivity contribution is 7.86. The number of nitrogens with one attached hydrogen (secondary N) is 1. The Bertz CT molecular complexity index is 2620. The highest BCUT2D eigenvalue weighted by Crippen LogP contribution is 2.44. The lowest BCUT2D eigenvalue weighted by Crippen LogP contribution is -2.00. The van der Waals surface area contributed by atoms with Crippen LogP contribution in [0.4, 0.5) is 34.1 Å². The van der Waals surface area contributed by atoms with E-state index in [2.05, 4.69) is 25.8 Å². The van der Waals surface area contributed by atoms with Gasteiger partial charge >= 0.3 is 11.9 Å². The number of aromatic carboxylic acids is 2. The second kappa shape index (κ2) is 13.7. The summed E-state index contributed by atoms with van der Waals surface area (Å²) >= 11 is 0. The predicted octanol–water partition coefficient (Wildman–Crippen LogP) is 7.87. The molecule has 0 unspecified atom stereocenters. The van der Waals surface area contributed by atoms with Crippen molar-refractivity contribution in [1.29, 1.82) is 0 Å². The third-order valence-corrected chi connectivity index (χ3v) is 9.40. The first-order valence-corrected chi connectivity index (χ1v) is 17.7. The summed E-state index contributed by atoms with van der Waals surface area (Å²) in [5.74, 6) is -3.78. The highest BCUT2D eigenvalue weighted by Gasteiger charge is 2.24. The van der Waals surface area contributed by atoms with Crippen LogP contribution in [-0.2, 0) is 20.2 Å². The lowest BCUT2D eigenvalue weighted by molar-refractivity contribution is 0.0686. The van der Waals surface area contributed by atoms with Crippen molar-refractivity contribution in [3.05, 3.63) is 108 Å². The zero-order chi connectivity index (χ0) is 38.2. The number of carbonyl (C=O) groups is 2. The van der Waals surface area contributed by atoms with Crippen molar-refractivity contribution >= 4 is 87.8 Å². The maximum Gasteiger partial charge on any atom is 0.335 e. The van der Waals surface area contributed by atoms with Crippen molar-refractivity contribution in [2.24, 2.45) is 20.5 Å². The molecule has 6 aromatic rings. The topological polar surface area (TPSA) is 285 Å². The van der Waals surface area contributed by atoms with Crippen LogP contribution < -0.4 is 5.32 Å². The van der Waals surface area contributed by atoms with Gasteiger partial charge in [-0.2, -0.15) is 27.1 Å². The summed E-state index contributed by atoms with van der Waals surface area (Å²) in [6.45, 7) is 0. The molecule has 0 saturated heterocycles. The molecule has 0 aliphatic heterocycles. The summed E-state index contributed by atoms with van der Waals surface area (Å²) in [5.41, 5.74) is -0.721. The molecule has 6 rings (SSSR count). The smallest absolute Gasteiger partial charge is 0.335 e. The first kappa shape index (κ1) is 36.0. The number of hydrogen-bond donors (Lipinski definition) is 7. The van der Waals surface area contributed by atoms with Crippen LogP contribution in [0.15, 0.2) is 127 Å². The Kier molecular flexibility index (Phi) is 9.33. The molecule has 0 aromatic heterocycles. The standard InChI is InChI=1S/C34H23N5O12S2/c40-31-25-9-7-21(13-19(25)15-27(52(46,47)48)29(31)38-36-23-5-1-3-17(11-23)33(42)43)35-22-8-10-26-20(14-22)16-28(53(49,50)51)30(32(26)41)39-37-24-6-2-4-18(12-24)34(44)45/h1-16,35,40-41H,(H,42,43)(H,44,45)(H,46,47,48)(H,49,50,51).